The predicted octanol–water partition coefficient (Wildman–Crippen LogP) is 4.02. The molecule has 0 saturated carbocycles. The SMILES string of the molecule is CCc1ccc(NC(=O)CSc2nc3c(cnn3-c3cccc(C)c3C)c(=O)[nH]2)cc1. The van der Waals surface area contributed by atoms with Crippen molar-refractivity contribution in [2.45, 2.75) is 32.3 Å². The van der Waals surface area contributed by atoms with Crippen molar-refractivity contribution in [1.29, 1.82) is 0 Å². The Kier molecular flexibility index (Phi) is 5.90. The molecule has 0 aliphatic rings. The third kappa shape index (κ3) is 4.39. The lowest BCUT2D eigenvalue weighted by molar-refractivity contribution is -0.113. The van der Waals surface area contributed by atoms with Crippen LogP contribution in [0.25, 0.3) is 16.7 Å². The summed E-state index contributed by atoms with van der Waals surface area (Å²) in [5.74, 6) is -0.0401. The molecule has 0 radical (unpaired) electrons. The number of fused-ring (bicyclic) bond motifs is 1. The minimum atomic E-state index is -0.278. The van der Waals surface area contributed by atoms with Gasteiger partial charge in [0, 0.05) is 5.69 Å². The summed E-state index contributed by atoms with van der Waals surface area (Å²) in [5.41, 5.74) is 5.21. The lowest BCUT2D eigenvalue weighted by Gasteiger charge is -2.09. The fourth-order valence-corrected chi connectivity index (χ4v) is 3.92. The van der Waals surface area contributed by atoms with E-state index in [-0.39, 0.29) is 17.2 Å². The Balaban J connectivity index is 1.55. The summed E-state index contributed by atoms with van der Waals surface area (Å²) in [6.45, 7) is 6.12. The van der Waals surface area contributed by atoms with Crippen LogP contribution < -0.4 is 10.9 Å². The number of aromatic nitrogens is 4. The summed E-state index contributed by atoms with van der Waals surface area (Å²) in [4.78, 5) is 32.2. The highest BCUT2D eigenvalue weighted by Crippen LogP contribution is 2.22. The monoisotopic (exact) mass is 433 g/mol. The summed E-state index contributed by atoms with van der Waals surface area (Å²) >= 11 is 1.18. The molecule has 0 aliphatic heterocycles. The van der Waals surface area contributed by atoms with Crippen LogP contribution in [-0.4, -0.2) is 31.4 Å². The molecule has 158 valence electrons. The molecule has 8 heteroatoms. The number of H-pyrrole nitrogens is 1. The highest BCUT2D eigenvalue weighted by Gasteiger charge is 2.14. The van der Waals surface area contributed by atoms with Gasteiger partial charge in [0.05, 0.1) is 17.6 Å². The Morgan fingerprint density at radius 1 is 1.16 bits per heavy atom. The van der Waals surface area contributed by atoms with Gasteiger partial charge in [-0.05, 0) is 55.2 Å². The van der Waals surface area contributed by atoms with Crippen LogP contribution in [0, 0.1) is 13.8 Å². The zero-order valence-corrected chi connectivity index (χ0v) is 18.4. The third-order valence-electron chi connectivity index (χ3n) is 5.21. The molecular weight excluding hydrogens is 410 g/mol. The van der Waals surface area contributed by atoms with Gasteiger partial charge in [0.2, 0.25) is 5.91 Å². The van der Waals surface area contributed by atoms with Gasteiger partial charge in [-0.2, -0.15) is 5.10 Å². The van der Waals surface area contributed by atoms with Gasteiger partial charge in [-0.15, -0.1) is 0 Å². The van der Waals surface area contributed by atoms with E-state index in [4.69, 9.17) is 0 Å². The molecule has 2 N–H and O–H groups in total. The highest BCUT2D eigenvalue weighted by molar-refractivity contribution is 7.99. The molecular formula is C23H23N5O2S. The topological polar surface area (TPSA) is 92.7 Å². The molecule has 4 aromatic rings. The molecule has 0 spiro atoms. The van der Waals surface area contributed by atoms with Crippen LogP contribution in [0.1, 0.15) is 23.6 Å². The summed E-state index contributed by atoms with van der Waals surface area (Å²) in [7, 11) is 0. The molecule has 31 heavy (non-hydrogen) atoms. The fourth-order valence-electron chi connectivity index (χ4n) is 3.26. The Bertz CT molecular complexity index is 1310. The van der Waals surface area contributed by atoms with E-state index in [1.807, 2.05) is 56.3 Å². The standard InChI is InChI=1S/C23H23N5O2S/c1-4-16-8-10-17(11-9-16)25-20(29)13-31-23-26-21-18(22(30)27-23)12-24-28(21)19-7-5-6-14(2)15(19)3/h5-12H,4,13H2,1-3H3,(H,25,29)(H,26,27,30). The number of nitrogens with one attached hydrogen (secondary N) is 2. The summed E-state index contributed by atoms with van der Waals surface area (Å²) in [6, 6.07) is 13.7. The molecule has 2 heterocycles. The van der Waals surface area contributed by atoms with E-state index in [0.717, 1.165) is 28.9 Å². The van der Waals surface area contributed by atoms with E-state index >= 15 is 0 Å². The Hall–Kier alpha value is -3.39. The van der Waals surface area contributed by atoms with E-state index in [1.54, 1.807) is 4.68 Å². The molecule has 2 aromatic heterocycles. The number of aromatic amines is 1. The number of amides is 1. The molecule has 0 saturated heterocycles. The second-order valence-corrected chi connectivity index (χ2v) is 8.24. The molecule has 0 bridgehead atoms. The molecule has 2 aromatic carbocycles. The van der Waals surface area contributed by atoms with Crippen molar-refractivity contribution in [3.8, 4) is 5.69 Å². The summed E-state index contributed by atoms with van der Waals surface area (Å²) < 4.78 is 1.67. The third-order valence-corrected chi connectivity index (χ3v) is 6.08. The number of carbonyl (C=O) groups excluding carboxylic acids is 1. The van der Waals surface area contributed by atoms with Crippen molar-refractivity contribution < 1.29 is 4.79 Å². The predicted molar refractivity (Wildman–Crippen MR) is 124 cm³/mol. The quantitative estimate of drug-likeness (QED) is 0.354. The Labute approximate surface area is 183 Å². The molecule has 0 unspecified atom stereocenters. The van der Waals surface area contributed by atoms with Gasteiger partial charge in [-0.25, -0.2) is 9.67 Å². The minimum absolute atomic E-state index is 0.127. The number of hydrogen-bond donors (Lipinski definition) is 2. The molecule has 1 amide bonds. The van der Waals surface area contributed by atoms with Crippen molar-refractivity contribution in [3.05, 3.63) is 75.7 Å². The van der Waals surface area contributed by atoms with Gasteiger partial charge in [0.1, 0.15) is 5.39 Å². The first-order chi connectivity index (χ1) is 15.0. The van der Waals surface area contributed by atoms with E-state index in [9.17, 15) is 9.59 Å². The zero-order valence-electron chi connectivity index (χ0n) is 17.6. The number of carbonyl (C=O) groups is 1. The summed E-state index contributed by atoms with van der Waals surface area (Å²) in [6.07, 6.45) is 2.47. The van der Waals surface area contributed by atoms with Crippen LogP contribution in [0.5, 0.6) is 0 Å². The van der Waals surface area contributed by atoms with E-state index in [2.05, 4.69) is 27.3 Å². The van der Waals surface area contributed by atoms with E-state index in [1.165, 1.54) is 23.5 Å². The average Bonchev–Trinajstić information content (AvgIpc) is 3.19. The van der Waals surface area contributed by atoms with Gasteiger partial charge in [-0.1, -0.05) is 43.0 Å². The number of hydrogen-bond acceptors (Lipinski definition) is 5. The lowest BCUT2D eigenvalue weighted by atomic mass is 10.1. The van der Waals surface area contributed by atoms with Crippen LogP contribution in [0.4, 0.5) is 5.69 Å². The maximum atomic E-state index is 12.5. The number of rotatable bonds is 6. The first-order valence-electron chi connectivity index (χ1n) is 10.0. The van der Waals surface area contributed by atoms with Crippen molar-refractivity contribution in [1.82, 2.24) is 19.7 Å². The summed E-state index contributed by atoms with van der Waals surface area (Å²) in [5, 5.41) is 8.03. The minimum Gasteiger partial charge on any atom is -0.325 e. The number of anilines is 1. The van der Waals surface area contributed by atoms with Crippen molar-refractivity contribution >= 4 is 34.4 Å². The Morgan fingerprint density at radius 3 is 2.68 bits per heavy atom. The van der Waals surface area contributed by atoms with E-state index < -0.39 is 0 Å². The van der Waals surface area contributed by atoms with Crippen LogP contribution in [0.15, 0.2) is 58.6 Å². The molecule has 4 rings (SSSR count). The van der Waals surface area contributed by atoms with Crippen molar-refractivity contribution in [2.75, 3.05) is 11.1 Å². The maximum absolute atomic E-state index is 12.5. The maximum Gasteiger partial charge on any atom is 0.262 e. The van der Waals surface area contributed by atoms with Gasteiger partial charge in [-0.3, -0.25) is 9.59 Å². The van der Waals surface area contributed by atoms with Crippen LogP contribution in [0.2, 0.25) is 0 Å². The number of nitrogens with zero attached hydrogens (tertiary/aromatic N) is 3. The fraction of sp³-hybridized carbons (Fsp3) is 0.217. The van der Waals surface area contributed by atoms with Crippen LogP contribution in [0.3, 0.4) is 0 Å². The van der Waals surface area contributed by atoms with Gasteiger partial charge in [0.25, 0.3) is 5.56 Å². The van der Waals surface area contributed by atoms with Crippen molar-refractivity contribution in [2.24, 2.45) is 0 Å². The number of aryl methyl sites for hydroxylation is 2. The number of thioether (sulfide) groups is 1. The molecule has 0 atom stereocenters. The van der Waals surface area contributed by atoms with Crippen LogP contribution in [-0.2, 0) is 11.2 Å². The smallest absolute Gasteiger partial charge is 0.262 e. The lowest BCUT2D eigenvalue weighted by Crippen LogP contribution is -2.15. The molecule has 7 nitrogen and oxygen atoms in total. The first kappa shape index (κ1) is 20.9. The molecule has 0 aliphatic carbocycles. The van der Waals surface area contributed by atoms with Crippen LogP contribution >= 0.6 is 11.8 Å². The van der Waals surface area contributed by atoms with E-state index in [0.29, 0.717) is 16.2 Å². The largest absolute Gasteiger partial charge is 0.325 e. The van der Waals surface area contributed by atoms with Gasteiger partial charge < -0.3 is 10.3 Å². The highest BCUT2D eigenvalue weighted by atomic mass is 32.2. The second kappa shape index (κ2) is 8.77. The molecule has 0 fully saturated rings. The average molecular weight is 434 g/mol. The normalized spacial score (nSPS) is 11.1. The van der Waals surface area contributed by atoms with Crippen molar-refractivity contribution in [3.63, 3.8) is 0 Å². The van der Waals surface area contributed by atoms with Gasteiger partial charge >= 0.3 is 0 Å². The zero-order chi connectivity index (χ0) is 22.0. The van der Waals surface area contributed by atoms with Gasteiger partial charge in [0.15, 0.2) is 10.8 Å². The Morgan fingerprint density at radius 2 is 1.94 bits per heavy atom. The number of benzene rings is 2. The first-order valence-corrected chi connectivity index (χ1v) is 11.0. The second-order valence-electron chi connectivity index (χ2n) is 7.27.